The average Bonchev–Trinajstić information content (AvgIpc) is 3.25. The van der Waals surface area contributed by atoms with Crippen molar-refractivity contribution in [2.24, 2.45) is 0 Å². The molecule has 0 amide bonds. The van der Waals surface area contributed by atoms with Gasteiger partial charge in [-0.05, 0) is 102 Å². The van der Waals surface area contributed by atoms with E-state index in [1.54, 1.807) is 22.3 Å². The van der Waals surface area contributed by atoms with Crippen LogP contribution in [-0.2, 0) is 30.9 Å². The van der Waals surface area contributed by atoms with Crippen molar-refractivity contribution in [3.05, 3.63) is 106 Å². The minimum absolute atomic E-state index is 0. The molecule has 2 fully saturated rings. The van der Waals surface area contributed by atoms with Gasteiger partial charge in [0.25, 0.3) is 0 Å². The van der Waals surface area contributed by atoms with E-state index in [0.29, 0.717) is 0 Å². The summed E-state index contributed by atoms with van der Waals surface area (Å²) in [5.74, 6) is 3.18. The number of hydrogen-bond acceptors (Lipinski definition) is 2. The number of fused-ring (bicyclic) bond motifs is 5. The van der Waals surface area contributed by atoms with Crippen LogP contribution in [0.5, 0.6) is 0 Å². The van der Waals surface area contributed by atoms with Crippen molar-refractivity contribution in [2.75, 3.05) is 0 Å². The van der Waals surface area contributed by atoms with Gasteiger partial charge in [-0.25, -0.2) is 0 Å². The molecule has 0 N–H and O–H groups in total. The minimum atomic E-state index is 0. The van der Waals surface area contributed by atoms with Crippen LogP contribution >= 0.6 is 0 Å². The summed E-state index contributed by atoms with van der Waals surface area (Å²) in [5, 5.41) is 0. The van der Waals surface area contributed by atoms with Crippen LogP contribution in [0.4, 0.5) is 0 Å². The van der Waals surface area contributed by atoms with Crippen molar-refractivity contribution in [1.82, 2.24) is 9.97 Å². The number of rotatable bonds is 2. The number of aromatic nitrogens is 2. The molecule has 7 aliphatic rings. The van der Waals surface area contributed by atoms with E-state index in [0.717, 1.165) is 40.6 Å². The molecule has 0 aliphatic heterocycles. The van der Waals surface area contributed by atoms with Crippen molar-refractivity contribution in [2.45, 2.75) is 120 Å². The van der Waals surface area contributed by atoms with E-state index in [4.69, 9.17) is 4.98 Å². The van der Waals surface area contributed by atoms with Crippen LogP contribution in [0.1, 0.15) is 143 Å². The van der Waals surface area contributed by atoms with Gasteiger partial charge in [0, 0.05) is 32.5 Å². The van der Waals surface area contributed by atoms with E-state index in [1.807, 2.05) is 24.4 Å². The molecule has 229 valence electrons. The summed E-state index contributed by atoms with van der Waals surface area (Å²) >= 11 is 0. The second kappa shape index (κ2) is 11.3. The van der Waals surface area contributed by atoms with Gasteiger partial charge in [0.2, 0.25) is 0 Å². The summed E-state index contributed by atoms with van der Waals surface area (Å²) in [6.45, 7) is 9.33. The van der Waals surface area contributed by atoms with Crippen LogP contribution in [0.3, 0.4) is 0 Å². The summed E-state index contributed by atoms with van der Waals surface area (Å²) in [6, 6.07) is 24.6. The Morgan fingerprint density at radius 1 is 0.591 bits per heavy atom. The summed E-state index contributed by atoms with van der Waals surface area (Å²) in [6.07, 6.45) is 16.3. The van der Waals surface area contributed by atoms with Gasteiger partial charge in [0.05, 0.1) is 0 Å². The Hall–Kier alpha value is -2.61. The van der Waals surface area contributed by atoms with Crippen molar-refractivity contribution >= 4 is 0 Å². The predicted molar refractivity (Wildman–Crippen MR) is 176 cm³/mol. The van der Waals surface area contributed by atoms with E-state index < -0.39 is 0 Å². The molecule has 4 aromatic rings. The minimum Gasteiger partial charge on any atom is -0.305 e. The molecular weight excluding hydrogens is 713 g/mol. The molecule has 4 bridgehead atoms. The van der Waals surface area contributed by atoms with Gasteiger partial charge in [-0.2, -0.15) is 0 Å². The summed E-state index contributed by atoms with van der Waals surface area (Å²) in [5.41, 5.74) is 14.2. The second-order valence-electron chi connectivity index (χ2n) is 15.4. The van der Waals surface area contributed by atoms with E-state index in [1.165, 1.54) is 74.5 Å². The first kappa shape index (κ1) is 30.1. The molecule has 0 atom stereocenters. The molecule has 7 aliphatic carbocycles. The van der Waals surface area contributed by atoms with Gasteiger partial charge >= 0.3 is 0 Å². The van der Waals surface area contributed by atoms with Crippen molar-refractivity contribution < 1.29 is 20.1 Å². The van der Waals surface area contributed by atoms with Gasteiger partial charge in [0.15, 0.2) is 0 Å². The van der Waals surface area contributed by atoms with Gasteiger partial charge in [-0.1, -0.05) is 64.7 Å². The molecule has 2 aromatic heterocycles. The Morgan fingerprint density at radius 2 is 1.16 bits per heavy atom. The number of benzene rings is 2. The van der Waals surface area contributed by atoms with Gasteiger partial charge in [-0.3, -0.25) is 0 Å². The second-order valence-corrected chi connectivity index (χ2v) is 15.4. The fourth-order valence-corrected chi connectivity index (χ4v) is 9.71. The van der Waals surface area contributed by atoms with Crippen LogP contribution in [0, 0.1) is 12.1 Å². The van der Waals surface area contributed by atoms with Gasteiger partial charge < -0.3 is 9.97 Å². The predicted octanol–water partition coefficient (Wildman–Crippen LogP) is 10.6. The third-order valence-electron chi connectivity index (χ3n) is 11.7. The first-order chi connectivity index (χ1) is 20.8. The van der Waals surface area contributed by atoms with Crippen molar-refractivity contribution in [3.63, 3.8) is 0 Å². The van der Waals surface area contributed by atoms with E-state index in [2.05, 4.69) is 81.3 Å². The molecule has 0 spiro atoms. The zero-order valence-corrected chi connectivity index (χ0v) is 29.1. The van der Waals surface area contributed by atoms with Crippen molar-refractivity contribution in [1.29, 1.82) is 0 Å². The van der Waals surface area contributed by atoms with E-state index >= 15 is 0 Å². The topological polar surface area (TPSA) is 25.8 Å². The van der Waals surface area contributed by atoms with Crippen LogP contribution in [-0.4, -0.2) is 9.97 Å². The number of nitrogens with zero attached hydrogens (tertiary/aromatic N) is 2. The maximum atomic E-state index is 4.86. The maximum absolute atomic E-state index is 4.86. The Balaban J connectivity index is 0.000000143. The Kier molecular flexibility index (Phi) is 7.74. The fourth-order valence-electron chi connectivity index (χ4n) is 9.71. The van der Waals surface area contributed by atoms with E-state index in [9.17, 15) is 0 Å². The molecule has 2 nitrogen and oxygen atoms in total. The largest absolute Gasteiger partial charge is 0.305 e. The molecule has 11 rings (SSSR count). The first-order valence-electron chi connectivity index (χ1n) is 16.8. The molecule has 2 saturated carbocycles. The Morgan fingerprint density at radius 3 is 1.82 bits per heavy atom. The number of pyridine rings is 2. The molecule has 2 heterocycles. The molecule has 0 unspecified atom stereocenters. The van der Waals surface area contributed by atoms with Crippen LogP contribution in [0.15, 0.2) is 60.9 Å². The van der Waals surface area contributed by atoms with Gasteiger partial charge in [0.1, 0.15) is 0 Å². The zero-order valence-electron chi connectivity index (χ0n) is 26.7. The summed E-state index contributed by atoms with van der Waals surface area (Å²) in [7, 11) is 0. The monoisotopic (exact) mass is 757 g/mol. The summed E-state index contributed by atoms with van der Waals surface area (Å²) < 4.78 is 0. The maximum Gasteiger partial charge on any atom is 0.0198 e. The average molecular weight is 757 g/mol. The fraction of sp³-hybridized carbons (Fsp3) is 0.463. The standard InChI is InChI=1S/C23H24N.C18H20N.Ir/c1-3-15-4-2-14(1)19-10-9-18(11-20(15)19)23-12-21-16-5-7-17(8-6-16)22(21)13-24-23;1-17(2)12-18(3,4)15-11-13(8-9-14(15)17)16-7-5-6-10-19-16;/h10-17H,1-8H2;5-7,9-11H,12H2,1-4H3;/q2*-1;. The molecular formula is C41H44IrN2-2. The molecule has 2 aromatic carbocycles. The normalized spacial score (nSPS) is 26.0. The van der Waals surface area contributed by atoms with Crippen LogP contribution in [0.2, 0.25) is 0 Å². The van der Waals surface area contributed by atoms with Crippen molar-refractivity contribution in [3.8, 4) is 22.5 Å². The Bertz CT molecular complexity index is 1600. The first-order valence-corrected chi connectivity index (χ1v) is 16.8. The smallest absolute Gasteiger partial charge is 0.0198 e. The third kappa shape index (κ3) is 5.13. The molecule has 0 saturated heterocycles. The molecule has 3 heteroatoms. The quantitative estimate of drug-likeness (QED) is 0.190. The van der Waals surface area contributed by atoms with Gasteiger partial charge in [-0.15, -0.1) is 69.8 Å². The zero-order chi connectivity index (χ0) is 29.3. The Labute approximate surface area is 277 Å². The number of hydrogen-bond donors (Lipinski definition) is 0. The van der Waals surface area contributed by atoms with Crippen LogP contribution in [0.25, 0.3) is 22.5 Å². The van der Waals surface area contributed by atoms with Crippen LogP contribution < -0.4 is 0 Å². The van der Waals surface area contributed by atoms with E-state index in [-0.39, 0.29) is 30.9 Å². The molecule has 1 radical (unpaired) electrons. The SMILES string of the molecule is CC1(C)CC(C)(C)c2cc(-c3ccccn3)[c-]cc21.[Ir].[c-]1cc2c(cc1-c1cc3c(cn1)C1CCC3CC1)C1CCC2CC1. The third-order valence-corrected chi connectivity index (χ3v) is 11.7. The molecule has 44 heavy (non-hydrogen) atoms. The summed E-state index contributed by atoms with van der Waals surface area (Å²) in [4.78, 5) is 9.29.